The van der Waals surface area contributed by atoms with E-state index in [9.17, 15) is 0 Å². The minimum Gasteiger partial charge on any atom is -0.352 e. The SMILES string of the molecule is CCN1C(=S)N[C@H](c2ccccn2)[C@H]1c1c(C)c(C)n(-c2cccc(Cl)c2)c1C. The average molecular weight is 425 g/mol. The van der Waals surface area contributed by atoms with Crippen molar-refractivity contribution in [2.45, 2.75) is 39.8 Å². The number of hydrogen-bond donors (Lipinski definition) is 1. The van der Waals surface area contributed by atoms with Crippen molar-refractivity contribution < 1.29 is 0 Å². The van der Waals surface area contributed by atoms with Crippen LogP contribution in [-0.2, 0) is 0 Å². The molecule has 4 rings (SSSR count). The zero-order valence-corrected chi connectivity index (χ0v) is 18.7. The third kappa shape index (κ3) is 3.32. The molecule has 0 amide bonds. The lowest BCUT2D eigenvalue weighted by Gasteiger charge is -2.27. The molecule has 1 N–H and O–H groups in total. The monoisotopic (exact) mass is 424 g/mol. The van der Waals surface area contributed by atoms with E-state index < -0.39 is 0 Å². The first-order valence-corrected chi connectivity index (χ1v) is 10.6. The molecular weight excluding hydrogens is 400 g/mol. The normalized spacial score (nSPS) is 18.9. The van der Waals surface area contributed by atoms with Gasteiger partial charge < -0.3 is 14.8 Å². The molecule has 2 aromatic heterocycles. The van der Waals surface area contributed by atoms with Gasteiger partial charge in [0.2, 0.25) is 0 Å². The second-order valence-corrected chi connectivity index (χ2v) is 8.26. The van der Waals surface area contributed by atoms with Gasteiger partial charge in [0.1, 0.15) is 0 Å². The largest absolute Gasteiger partial charge is 0.352 e. The Morgan fingerprint density at radius 2 is 1.90 bits per heavy atom. The number of thiocarbonyl (C=S) groups is 1. The van der Waals surface area contributed by atoms with Crippen LogP contribution < -0.4 is 5.32 Å². The lowest BCUT2D eigenvalue weighted by atomic mass is 9.93. The molecule has 1 aliphatic heterocycles. The fourth-order valence-electron chi connectivity index (χ4n) is 4.50. The van der Waals surface area contributed by atoms with Gasteiger partial charge >= 0.3 is 0 Å². The van der Waals surface area contributed by atoms with Crippen LogP contribution in [0.4, 0.5) is 0 Å². The fourth-order valence-corrected chi connectivity index (χ4v) is 5.06. The summed E-state index contributed by atoms with van der Waals surface area (Å²) in [5.41, 5.74) is 7.08. The summed E-state index contributed by atoms with van der Waals surface area (Å²) in [7, 11) is 0. The van der Waals surface area contributed by atoms with Gasteiger partial charge in [-0.15, -0.1) is 0 Å². The number of rotatable bonds is 4. The molecule has 1 saturated heterocycles. The zero-order chi connectivity index (χ0) is 20.7. The highest BCUT2D eigenvalue weighted by atomic mass is 35.5. The predicted octanol–water partition coefficient (Wildman–Crippen LogP) is 5.44. The van der Waals surface area contributed by atoms with Crippen LogP contribution in [0.2, 0.25) is 5.02 Å². The summed E-state index contributed by atoms with van der Waals surface area (Å²) in [6, 6.07) is 14.1. The van der Waals surface area contributed by atoms with E-state index in [0.717, 1.165) is 28.1 Å². The molecule has 150 valence electrons. The summed E-state index contributed by atoms with van der Waals surface area (Å²) in [6.07, 6.45) is 1.84. The van der Waals surface area contributed by atoms with Crippen LogP contribution in [-0.4, -0.2) is 26.1 Å². The summed E-state index contributed by atoms with van der Waals surface area (Å²) < 4.78 is 2.29. The van der Waals surface area contributed by atoms with E-state index in [1.54, 1.807) is 0 Å². The first-order chi connectivity index (χ1) is 13.9. The van der Waals surface area contributed by atoms with Crippen LogP contribution in [0, 0.1) is 20.8 Å². The standard InChI is InChI=1S/C23H25ClN4S/c1-5-27-22(21(26-23(27)29)19-11-6-7-12-25-19)20-14(2)15(3)28(16(20)4)18-10-8-9-17(24)13-18/h6-13,21-22H,5H2,1-4H3,(H,26,29)/t21-,22-/m1/s1. The lowest BCUT2D eigenvalue weighted by molar-refractivity contribution is 0.328. The molecule has 1 aliphatic rings. The maximum absolute atomic E-state index is 6.28. The smallest absolute Gasteiger partial charge is 0.170 e. The van der Waals surface area contributed by atoms with Gasteiger partial charge in [0, 0.05) is 40.4 Å². The second kappa shape index (κ2) is 7.81. The molecule has 0 radical (unpaired) electrons. The molecule has 0 saturated carbocycles. The van der Waals surface area contributed by atoms with Crippen molar-refractivity contribution in [1.82, 2.24) is 19.8 Å². The van der Waals surface area contributed by atoms with E-state index in [1.807, 2.05) is 36.5 Å². The minimum atomic E-state index is 0.00987. The molecule has 0 unspecified atom stereocenters. The molecule has 1 aromatic carbocycles. The maximum Gasteiger partial charge on any atom is 0.170 e. The molecule has 6 heteroatoms. The van der Waals surface area contributed by atoms with Crippen molar-refractivity contribution in [3.05, 3.63) is 81.9 Å². The van der Waals surface area contributed by atoms with Crippen molar-refractivity contribution in [3.63, 3.8) is 0 Å². The van der Waals surface area contributed by atoms with E-state index in [1.165, 1.54) is 22.5 Å². The van der Waals surface area contributed by atoms with Gasteiger partial charge in [0.05, 0.1) is 17.8 Å². The molecule has 3 aromatic rings. The molecule has 0 bridgehead atoms. The number of pyridine rings is 1. The Balaban J connectivity index is 1.90. The number of likely N-dealkylation sites (N-methyl/N-ethyl adjacent to an activating group) is 1. The Hall–Kier alpha value is -2.37. The van der Waals surface area contributed by atoms with Gasteiger partial charge in [-0.1, -0.05) is 23.7 Å². The quantitative estimate of drug-likeness (QED) is 0.565. The summed E-state index contributed by atoms with van der Waals surface area (Å²) in [5, 5.41) is 5.03. The predicted molar refractivity (Wildman–Crippen MR) is 123 cm³/mol. The highest BCUT2D eigenvalue weighted by Gasteiger charge is 2.41. The number of halogens is 1. The zero-order valence-electron chi connectivity index (χ0n) is 17.1. The first-order valence-electron chi connectivity index (χ1n) is 9.86. The highest BCUT2D eigenvalue weighted by molar-refractivity contribution is 7.80. The van der Waals surface area contributed by atoms with Gasteiger partial charge in [0.15, 0.2) is 5.11 Å². The number of nitrogens with one attached hydrogen (secondary N) is 1. The van der Waals surface area contributed by atoms with Crippen LogP contribution in [0.25, 0.3) is 5.69 Å². The van der Waals surface area contributed by atoms with E-state index in [4.69, 9.17) is 23.8 Å². The highest BCUT2D eigenvalue weighted by Crippen LogP contribution is 2.43. The van der Waals surface area contributed by atoms with Crippen molar-refractivity contribution in [1.29, 1.82) is 0 Å². The van der Waals surface area contributed by atoms with E-state index in [0.29, 0.717) is 0 Å². The third-order valence-electron chi connectivity index (χ3n) is 5.91. The van der Waals surface area contributed by atoms with Gasteiger partial charge in [-0.25, -0.2) is 0 Å². The topological polar surface area (TPSA) is 33.1 Å². The maximum atomic E-state index is 6.28. The second-order valence-electron chi connectivity index (χ2n) is 7.44. The van der Waals surface area contributed by atoms with E-state index in [2.05, 4.69) is 59.6 Å². The van der Waals surface area contributed by atoms with Crippen LogP contribution in [0.3, 0.4) is 0 Å². The summed E-state index contributed by atoms with van der Waals surface area (Å²) in [4.78, 5) is 6.89. The Morgan fingerprint density at radius 3 is 2.55 bits per heavy atom. The van der Waals surface area contributed by atoms with Gasteiger partial charge in [-0.3, -0.25) is 4.98 Å². The molecular formula is C23H25ClN4S. The summed E-state index contributed by atoms with van der Waals surface area (Å²) in [6.45, 7) is 9.53. The summed E-state index contributed by atoms with van der Waals surface area (Å²) in [5.74, 6) is 0. The van der Waals surface area contributed by atoms with Gasteiger partial charge in [-0.05, 0) is 75.8 Å². The van der Waals surface area contributed by atoms with Crippen molar-refractivity contribution >= 4 is 28.9 Å². The van der Waals surface area contributed by atoms with Crippen molar-refractivity contribution in [2.24, 2.45) is 0 Å². The van der Waals surface area contributed by atoms with Crippen molar-refractivity contribution in [2.75, 3.05) is 6.54 Å². The Bertz CT molecular complexity index is 1060. The summed E-state index contributed by atoms with van der Waals surface area (Å²) >= 11 is 12.0. The molecule has 3 heterocycles. The third-order valence-corrected chi connectivity index (χ3v) is 6.50. The molecule has 0 spiro atoms. The Morgan fingerprint density at radius 1 is 1.10 bits per heavy atom. The minimum absolute atomic E-state index is 0.00987. The average Bonchev–Trinajstić information content (AvgIpc) is 3.15. The molecule has 29 heavy (non-hydrogen) atoms. The first kappa shape index (κ1) is 19.9. The van der Waals surface area contributed by atoms with Crippen LogP contribution in [0.15, 0.2) is 48.7 Å². The van der Waals surface area contributed by atoms with Gasteiger partial charge in [-0.2, -0.15) is 0 Å². The number of aromatic nitrogens is 2. The number of benzene rings is 1. The van der Waals surface area contributed by atoms with Crippen LogP contribution >= 0.6 is 23.8 Å². The number of hydrogen-bond acceptors (Lipinski definition) is 2. The molecule has 2 atom stereocenters. The van der Waals surface area contributed by atoms with E-state index in [-0.39, 0.29) is 12.1 Å². The Kier molecular flexibility index (Phi) is 5.36. The molecule has 1 fully saturated rings. The van der Waals surface area contributed by atoms with Crippen molar-refractivity contribution in [3.8, 4) is 5.69 Å². The van der Waals surface area contributed by atoms with Gasteiger partial charge in [0.25, 0.3) is 0 Å². The Labute approximate surface area is 182 Å². The molecule has 4 nitrogen and oxygen atoms in total. The lowest BCUT2D eigenvalue weighted by Crippen LogP contribution is -2.29. The van der Waals surface area contributed by atoms with E-state index >= 15 is 0 Å². The van der Waals surface area contributed by atoms with Crippen LogP contribution in [0.5, 0.6) is 0 Å². The number of nitrogens with zero attached hydrogens (tertiary/aromatic N) is 3. The fraction of sp³-hybridized carbons (Fsp3) is 0.304. The van der Waals surface area contributed by atoms with Crippen LogP contribution in [0.1, 0.15) is 47.2 Å². The molecule has 0 aliphatic carbocycles.